The Morgan fingerprint density at radius 1 is 0.968 bits per heavy atom. The maximum atomic E-state index is 12.2. The van der Waals surface area contributed by atoms with E-state index in [9.17, 15) is 4.79 Å². The molecule has 0 fully saturated rings. The van der Waals surface area contributed by atoms with E-state index in [0.29, 0.717) is 51.2 Å². The Bertz CT molecular complexity index is 827. The topological polar surface area (TPSA) is 75.3 Å². The number of hydrogen-bond donors (Lipinski definition) is 1. The molecule has 0 aliphatic rings. The van der Waals surface area contributed by atoms with Crippen molar-refractivity contribution in [2.24, 2.45) is 0 Å². The minimum atomic E-state index is -2.70. The Hall–Kier alpha value is -2.39. The van der Waals surface area contributed by atoms with Crippen molar-refractivity contribution in [2.45, 2.75) is 33.2 Å². The Morgan fingerprint density at radius 3 is 2.19 bits per heavy atom. The first-order chi connectivity index (χ1) is 15.1. The summed E-state index contributed by atoms with van der Waals surface area (Å²) in [4.78, 5) is 12.2. The zero-order chi connectivity index (χ0) is 22.5. The first kappa shape index (κ1) is 24.9. The molecule has 170 valence electrons. The van der Waals surface area contributed by atoms with Crippen molar-refractivity contribution in [3.63, 3.8) is 0 Å². The van der Waals surface area contributed by atoms with Crippen LogP contribution in [0.4, 0.5) is 4.79 Å². The number of rotatable bonds is 14. The van der Waals surface area contributed by atoms with E-state index in [2.05, 4.69) is 11.9 Å². The van der Waals surface area contributed by atoms with Gasteiger partial charge in [-0.3, -0.25) is 0 Å². The molecule has 0 unspecified atom stereocenters. The van der Waals surface area contributed by atoms with Gasteiger partial charge in [-0.1, -0.05) is 24.8 Å². The fourth-order valence-electron chi connectivity index (χ4n) is 3.15. The molecule has 0 heterocycles. The zero-order valence-corrected chi connectivity index (χ0v) is 19.6. The summed E-state index contributed by atoms with van der Waals surface area (Å²) >= 11 is 0. The van der Waals surface area contributed by atoms with Crippen LogP contribution >= 0.6 is 0 Å². The maximum absolute atomic E-state index is 12.2. The van der Waals surface area contributed by atoms with Crippen LogP contribution in [-0.2, 0) is 13.3 Å². The first-order valence-corrected chi connectivity index (χ1v) is 12.6. The van der Waals surface area contributed by atoms with E-state index in [1.165, 1.54) is 0 Å². The van der Waals surface area contributed by atoms with Crippen LogP contribution in [0.1, 0.15) is 27.2 Å². The van der Waals surface area contributed by atoms with E-state index in [1.807, 2.05) is 51.1 Å². The summed E-state index contributed by atoms with van der Waals surface area (Å²) in [5, 5.41) is 4.73. The quantitative estimate of drug-likeness (QED) is 0.251. The molecule has 2 aromatic rings. The molecule has 0 atom stereocenters. The highest BCUT2D eigenvalue weighted by atomic mass is 28.4. The molecule has 31 heavy (non-hydrogen) atoms. The number of carbonyl (C=O) groups is 1. The standard InChI is InChI=1S/C23H33NO6Si/c1-5-15-26-21-12-10-19-11-13-22(18-20(19)17-21)30-23(25)24-14-9-16-31(27-6-2,28-7-3)29-8-4/h5,10-13,17-18H,1,6-9,14-16H2,2-4H3,(H,24,25). The van der Waals surface area contributed by atoms with E-state index < -0.39 is 14.9 Å². The zero-order valence-electron chi connectivity index (χ0n) is 18.6. The van der Waals surface area contributed by atoms with Crippen LogP contribution in [0.15, 0.2) is 49.1 Å². The maximum Gasteiger partial charge on any atom is 0.500 e. The van der Waals surface area contributed by atoms with E-state index in [4.69, 9.17) is 22.8 Å². The van der Waals surface area contributed by atoms with Crippen LogP contribution in [0.5, 0.6) is 11.5 Å². The Kier molecular flexibility index (Phi) is 10.5. The lowest BCUT2D eigenvalue weighted by Gasteiger charge is -2.28. The molecule has 7 nitrogen and oxygen atoms in total. The van der Waals surface area contributed by atoms with Crippen molar-refractivity contribution < 1.29 is 27.5 Å². The summed E-state index contributed by atoms with van der Waals surface area (Å²) < 4.78 is 28.5. The van der Waals surface area contributed by atoms with E-state index >= 15 is 0 Å². The number of nitrogens with one attached hydrogen (secondary N) is 1. The summed E-state index contributed by atoms with van der Waals surface area (Å²) in [6.45, 7) is 11.9. The fourth-order valence-corrected chi connectivity index (χ4v) is 5.76. The Labute approximate surface area is 185 Å². The van der Waals surface area contributed by atoms with Crippen molar-refractivity contribution in [1.82, 2.24) is 5.32 Å². The lowest BCUT2D eigenvalue weighted by atomic mass is 10.1. The van der Waals surface area contributed by atoms with Gasteiger partial charge in [-0.15, -0.1) is 0 Å². The van der Waals surface area contributed by atoms with Crippen LogP contribution in [-0.4, -0.2) is 47.9 Å². The summed E-state index contributed by atoms with van der Waals surface area (Å²) in [6, 6.07) is 11.9. The third kappa shape index (κ3) is 7.99. The predicted molar refractivity (Wildman–Crippen MR) is 124 cm³/mol. The molecular weight excluding hydrogens is 414 g/mol. The minimum Gasteiger partial charge on any atom is -0.490 e. The Morgan fingerprint density at radius 2 is 1.58 bits per heavy atom. The molecule has 8 heteroatoms. The lowest BCUT2D eigenvalue weighted by Crippen LogP contribution is -2.46. The van der Waals surface area contributed by atoms with Crippen LogP contribution < -0.4 is 14.8 Å². The van der Waals surface area contributed by atoms with Gasteiger partial charge in [0, 0.05) is 32.4 Å². The normalized spacial score (nSPS) is 11.3. The number of benzene rings is 2. The van der Waals surface area contributed by atoms with Crippen molar-refractivity contribution >= 4 is 25.7 Å². The molecule has 0 aliphatic heterocycles. The van der Waals surface area contributed by atoms with Gasteiger partial charge in [-0.25, -0.2) is 4.79 Å². The average molecular weight is 448 g/mol. The molecule has 0 bridgehead atoms. The second-order valence-electron chi connectivity index (χ2n) is 6.67. The molecule has 0 saturated carbocycles. The van der Waals surface area contributed by atoms with Gasteiger partial charge in [0.1, 0.15) is 18.1 Å². The van der Waals surface area contributed by atoms with Gasteiger partial charge in [0.05, 0.1) is 0 Å². The first-order valence-electron chi connectivity index (χ1n) is 10.7. The van der Waals surface area contributed by atoms with Crippen molar-refractivity contribution in [3.8, 4) is 11.5 Å². The van der Waals surface area contributed by atoms with Crippen molar-refractivity contribution in [3.05, 3.63) is 49.1 Å². The van der Waals surface area contributed by atoms with Crippen LogP contribution in [0.3, 0.4) is 0 Å². The summed E-state index contributed by atoms with van der Waals surface area (Å²) in [6.07, 6.45) is 1.86. The lowest BCUT2D eigenvalue weighted by molar-refractivity contribution is 0.0708. The van der Waals surface area contributed by atoms with Gasteiger partial charge in [-0.2, -0.15) is 0 Å². The fraction of sp³-hybridized carbons (Fsp3) is 0.435. The number of ether oxygens (including phenoxy) is 2. The second-order valence-corrected chi connectivity index (χ2v) is 9.40. The molecular formula is C23H33NO6Si. The molecule has 0 spiro atoms. The third-order valence-electron chi connectivity index (χ3n) is 4.38. The molecule has 1 N–H and O–H groups in total. The molecule has 1 amide bonds. The van der Waals surface area contributed by atoms with Gasteiger partial charge < -0.3 is 28.1 Å². The molecule has 0 aliphatic carbocycles. The smallest absolute Gasteiger partial charge is 0.490 e. The van der Waals surface area contributed by atoms with Gasteiger partial charge in [0.2, 0.25) is 0 Å². The number of carbonyl (C=O) groups excluding carboxylic acids is 1. The van der Waals surface area contributed by atoms with Gasteiger partial charge >= 0.3 is 14.9 Å². The second kappa shape index (κ2) is 13.1. The van der Waals surface area contributed by atoms with Crippen molar-refractivity contribution in [1.29, 1.82) is 0 Å². The summed E-state index contributed by atoms with van der Waals surface area (Å²) in [7, 11) is -2.70. The van der Waals surface area contributed by atoms with Crippen LogP contribution in [0.2, 0.25) is 6.04 Å². The number of amides is 1. The van der Waals surface area contributed by atoms with Gasteiger partial charge in [0.15, 0.2) is 0 Å². The average Bonchev–Trinajstić information content (AvgIpc) is 2.75. The minimum absolute atomic E-state index is 0.435. The third-order valence-corrected chi connectivity index (χ3v) is 7.53. The SMILES string of the molecule is C=CCOc1ccc2ccc(OC(=O)NCCC[Si](OCC)(OCC)OCC)cc2c1. The number of hydrogen-bond acceptors (Lipinski definition) is 6. The van der Waals surface area contributed by atoms with E-state index in [-0.39, 0.29) is 0 Å². The monoisotopic (exact) mass is 447 g/mol. The van der Waals surface area contributed by atoms with Crippen molar-refractivity contribution in [2.75, 3.05) is 33.0 Å². The number of fused-ring (bicyclic) bond motifs is 1. The molecule has 0 radical (unpaired) electrons. The van der Waals surface area contributed by atoms with Crippen LogP contribution in [0.25, 0.3) is 10.8 Å². The summed E-state index contributed by atoms with van der Waals surface area (Å²) in [5.74, 6) is 1.20. The van der Waals surface area contributed by atoms with E-state index in [1.54, 1.807) is 12.1 Å². The highest BCUT2D eigenvalue weighted by molar-refractivity contribution is 6.60. The Balaban J connectivity index is 1.88. The van der Waals surface area contributed by atoms with Gasteiger partial charge in [0.25, 0.3) is 0 Å². The van der Waals surface area contributed by atoms with E-state index in [0.717, 1.165) is 16.5 Å². The van der Waals surface area contributed by atoms with Crippen LogP contribution in [0, 0.1) is 0 Å². The predicted octanol–water partition coefficient (Wildman–Crippen LogP) is 4.93. The van der Waals surface area contributed by atoms with Gasteiger partial charge in [-0.05, 0) is 62.2 Å². The molecule has 2 aromatic carbocycles. The molecule has 2 rings (SSSR count). The highest BCUT2D eigenvalue weighted by Gasteiger charge is 2.39. The highest BCUT2D eigenvalue weighted by Crippen LogP contribution is 2.25. The molecule has 0 aromatic heterocycles. The summed E-state index contributed by atoms with van der Waals surface area (Å²) in [5.41, 5.74) is 0. The largest absolute Gasteiger partial charge is 0.500 e. The molecule has 0 saturated heterocycles.